The number of aromatic nitrogens is 3. The molecule has 2 aliphatic rings. The molecule has 0 unspecified atom stereocenters. The van der Waals surface area contributed by atoms with E-state index in [1.54, 1.807) is 12.4 Å². The first-order chi connectivity index (χ1) is 14.3. The minimum atomic E-state index is -0.307. The van der Waals surface area contributed by atoms with Gasteiger partial charge in [-0.1, -0.05) is 18.2 Å². The lowest BCUT2D eigenvalue weighted by Crippen LogP contribution is -2.29. The number of fused-ring (bicyclic) bond motifs is 3. The Bertz CT molecular complexity index is 1050. The Morgan fingerprint density at radius 1 is 0.897 bits per heavy atom. The van der Waals surface area contributed by atoms with Crippen molar-refractivity contribution in [2.24, 2.45) is 0 Å². The number of pyridine rings is 1. The van der Waals surface area contributed by atoms with Gasteiger partial charge >= 0.3 is 6.03 Å². The third-order valence-electron chi connectivity index (χ3n) is 5.15. The maximum absolute atomic E-state index is 12.0. The smallest absolute Gasteiger partial charge is 0.323 e. The minimum Gasteiger partial charge on any atom is -0.357 e. The van der Waals surface area contributed by atoms with Gasteiger partial charge in [-0.05, 0) is 37.5 Å². The number of urea groups is 1. The van der Waals surface area contributed by atoms with Crippen LogP contribution < -0.4 is 20.9 Å². The fourth-order valence-corrected chi connectivity index (χ4v) is 3.71. The van der Waals surface area contributed by atoms with Crippen molar-refractivity contribution in [2.75, 3.05) is 33.9 Å². The van der Waals surface area contributed by atoms with Crippen molar-refractivity contribution in [1.82, 2.24) is 15.0 Å². The van der Waals surface area contributed by atoms with Gasteiger partial charge < -0.3 is 20.9 Å². The van der Waals surface area contributed by atoms with E-state index in [9.17, 15) is 4.79 Å². The lowest BCUT2D eigenvalue weighted by Gasteiger charge is -2.27. The second kappa shape index (κ2) is 7.38. The number of nitrogens with one attached hydrogen (secondary N) is 3. The van der Waals surface area contributed by atoms with Crippen molar-refractivity contribution in [3.05, 3.63) is 48.8 Å². The molecule has 5 rings (SSSR count). The van der Waals surface area contributed by atoms with E-state index in [4.69, 9.17) is 0 Å². The largest absolute Gasteiger partial charge is 0.357 e. The lowest BCUT2D eigenvalue weighted by molar-refractivity contribution is 0.262. The summed E-state index contributed by atoms with van der Waals surface area (Å²) >= 11 is 0. The van der Waals surface area contributed by atoms with Gasteiger partial charge in [0, 0.05) is 18.7 Å². The van der Waals surface area contributed by atoms with Crippen LogP contribution in [0.2, 0.25) is 0 Å². The Morgan fingerprint density at radius 3 is 2.55 bits per heavy atom. The molecule has 0 spiro atoms. The van der Waals surface area contributed by atoms with Crippen molar-refractivity contribution in [3.63, 3.8) is 0 Å². The van der Waals surface area contributed by atoms with Crippen LogP contribution >= 0.6 is 0 Å². The number of hydrogen-bond acceptors (Lipinski definition) is 6. The van der Waals surface area contributed by atoms with Gasteiger partial charge in [-0.3, -0.25) is 0 Å². The first kappa shape index (κ1) is 17.4. The molecule has 1 saturated heterocycles. The second-order valence-electron chi connectivity index (χ2n) is 7.16. The number of nitrogens with zero attached hydrogens (tertiary/aromatic N) is 4. The molecule has 0 saturated carbocycles. The summed E-state index contributed by atoms with van der Waals surface area (Å²) in [4.78, 5) is 27.9. The summed E-state index contributed by atoms with van der Waals surface area (Å²) in [6.07, 6.45) is 7.15. The predicted molar refractivity (Wildman–Crippen MR) is 114 cm³/mol. The molecule has 0 radical (unpaired) electrons. The summed E-state index contributed by atoms with van der Waals surface area (Å²) < 4.78 is 0. The predicted octanol–water partition coefficient (Wildman–Crippen LogP) is 4.23. The summed E-state index contributed by atoms with van der Waals surface area (Å²) in [5.41, 5.74) is 3.59. The van der Waals surface area contributed by atoms with E-state index in [2.05, 4.69) is 35.8 Å². The average Bonchev–Trinajstić information content (AvgIpc) is 2.90. The number of piperidine rings is 1. The van der Waals surface area contributed by atoms with Gasteiger partial charge in [-0.15, -0.1) is 0 Å². The molecule has 0 aliphatic carbocycles. The summed E-state index contributed by atoms with van der Waals surface area (Å²) in [6, 6.07) is 11.3. The maximum atomic E-state index is 12.0. The van der Waals surface area contributed by atoms with Crippen molar-refractivity contribution in [1.29, 1.82) is 0 Å². The van der Waals surface area contributed by atoms with Crippen LogP contribution in [0, 0.1) is 0 Å². The van der Waals surface area contributed by atoms with E-state index in [1.807, 2.05) is 36.4 Å². The van der Waals surface area contributed by atoms with Crippen LogP contribution in [0.25, 0.3) is 11.3 Å². The first-order valence-electron chi connectivity index (χ1n) is 9.79. The van der Waals surface area contributed by atoms with Crippen molar-refractivity contribution >= 4 is 34.9 Å². The number of anilines is 5. The molecule has 0 bridgehead atoms. The molecule has 2 amide bonds. The van der Waals surface area contributed by atoms with Crippen LogP contribution in [0.4, 0.5) is 33.6 Å². The van der Waals surface area contributed by atoms with E-state index in [-0.39, 0.29) is 6.03 Å². The number of para-hydroxylation sites is 1. The van der Waals surface area contributed by atoms with Crippen molar-refractivity contribution in [2.45, 2.75) is 19.3 Å². The highest BCUT2D eigenvalue weighted by molar-refractivity contribution is 6.07. The highest BCUT2D eigenvalue weighted by Gasteiger charge is 2.20. The molecule has 3 N–H and O–H groups in total. The van der Waals surface area contributed by atoms with Crippen LogP contribution in [0.1, 0.15) is 19.3 Å². The van der Waals surface area contributed by atoms with Gasteiger partial charge in [0.25, 0.3) is 0 Å². The Labute approximate surface area is 168 Å². The number of rotatable bonds is 3. The standard InChI is InChI=1S/C21H21N7O/c29-21-25-16-7-3-2-6-15(16)19-17(26-21)13-23-20(27-19)24-14-8-9-18(22-12-14)28-10-4-1-5-11-28/h2-3,6-9,12-13H,1,4-5,10-11H2,(H,23,24,27)(H2,25,26,29). The molecule has 1 fully saturated rings. The summed E-state index contributed by atoms with van der Waals surface area (Å²) in [5, 5.41) is 8.82. The highest BCUT2D eigenvalue weighted by atomic mass is 16.2. The number of carbonyl (C=O) groups excluding carboxylic acids is 1. The Balaban J connectivity index is 1.41. The van der Waals surface area contributed by atoms with Crippen LogP contribution in [-0.2, 0) is 0 Å². The fourth-order valence-electron chi connectivity index (χ4n) is 3.71. The van der Waals surface area contributed by atoms with Gasteiger partial charge in [0.15, 0.2) is 0 Å². The van der Waals surface area contributed by atoms with Gasteiger partial charge in [-0.25, -0.2) is 19.7 Å². The Morgan fingerprint density at radius 2 is 1.72 bits per heavy atom. The molecule has 1 aromatic carbocycles. The molecular weight excluding hydrogens is 366 g/mol. The molecule has 2 aliphatic heterocycles. The molecule has 146 valence electrons. The SMILES string of the molecule is O=C1Nc2ccccc2-c2nc(Nc3ccc(N4CCCCC4)nc3)ncc2N1. The quantitative estimate of drug-likeness (QED) is 0.622. The van der Waals surface area contributed by atoms with E-state index in [0.29, 0.717) is 23.0 Å². The third kappa shape index (κ3) is 3.56. The summed E-state index contributed by atoms with van der Waals surface area (Å²) in [6.45, 7) is 2.12. The maximum Gasteiger partial charge on any atom is 0.323 e. The molecule has 29 heavy (non-hydrogen) atoms. The van der Waals surface area contributed by atoms with Crippen LogP contribution in [0.3, 0.4) is 0 Å². The van der Waals surface area contributed by atoms with Gasteiger partial charge in [0.1, 0.15) is 11.5 Å². The highest BCUT2D eigenvalue weighted by Crippen LogP contribution is 2.35. The summed E-state index contributed by atoms with van der Waals surface area (Å²) in [5.74, 6) is 1.45. The summed E-state index contributed by atoms with van der Waals surface area (Å²) in [7, 11) is 0. The van der Waals surface area contributed by atoms with Gasteiger partial charge in [0.05, 0.1) is 29.5 Å². The zero-order valence-electron chi connectivity index (χ0n) is 15.9. The monoisotopic (exact) mass is 387 g/mol. The van der Waals surface area contributed by atoms with Crippen molar-refractivity contribution < 1.29 is 4.79 Å². The molecule has 4 heterocycles. The topological polar surface area (TPSA) is 95.1 Å². The fraction of sp³-hybridized carbons (Fsp3) is 0.238. The van der Waals surface area contributed by atoms with Crippen molar-refractivity contribution in [3.8, 4) is 11.3 Å². The first-order valence-corrected chi connectivity index (χ1v) is 9.79. The van der Waals surface area contributed by atoms with Crippen LogP contribution in [0.15, 0.2) is 48.8 Å². The Hall–Kier alpha value is -3.68. The molecule has 3 aromatic rings. The van der Waals surface area contributed by atoms with Gasteiger partial charge in [-0.2, -0.15) is 0 Å². The number of hydrogen-bond donors (Lipinski definition) is 3. The third-order valence-corrected chi connectivity index (χ3v) is 5.15. The zero-order chi connectivity index (χ0) is 19.6. The van der Waals surface area contributed by atoms with E-state index in [0.717, 1.165) is 30.2 Å². The number of carbonyl (C=O) groups is 1. The van der Waals surface area contributed by atoms with E-state index < -0.39 is 0 Å². The number of amides is 2. The lowest BCUT2D eigenvalue weighted by atomic mass is 10.1. The zero-order valence-corrected chi connectivity index (χ0v) is 15.9. The molecule has 0 atom stereocenters. The molecular formula is C21H21N7O. The Kier molecular flexibility index (Phi) is 4.44. The normalized spacial score (nSPS) is 15.4. The van der Waals surface area contributed by atoms with E-state index in [1.165, 1.54) is 19.3 Å². The van der Waals surface area contributed by atoms with E-state index >= 15 is 0 Å². The molecule has 2 aromatic heterocycles. The number of benzene rings is 1. The second-order valence-corrected chi connectivity index (χ2v) is 7.16. The van der Waals surface area contributed by atoms with Crippen LogP contribution in [0.5, 0.6) is 0 Å². The average molecular weight is 387 g/mol. The van der Waals surface area contributed by atoms with Gasteiger partial charge in [0.2, 0.25) is 5.95 Å². The molecule has 8 heteroatoms. The minimum absolute atomic E-state index is 0.307. The van der Waals surface area contributed by atoms with Crippen LogP contribution in [-0.4, -0.2) is 34.1 Å². The molecule has 8 nitrogen and oxygen atoms in total.